The Morgan fingerprint density at radius 1 is 1.13 bits per heavy atom. The minimum Gasteiger partial charge on any atom is -0.272 e. The van der Waals surface area contributed by atoms with Crippen molar-refractivity contribution in [2.24, 2.45) is 5.10 Å². The summed E-state index contributed by atoms with van der Waals surface area (Å²) in [6, 6.07) is 16.5. The van der Waals surface area contributed by atoms with Gasteiger partial charge in [0, 0.05) is 16.1 Å². The first-order chi connectivity index (χ1) is 14.9. The molecule has 0 aliphatic rings. The van der Waals surface area contributed by atoms with E-state index in [0.717, 1.165) is 22.6 Å². The summed E-state index contributed by atoms with van der Waals surface area (Å²) in [5.74, 6) is -0.425. The van der Waals surface area contributed by atoms with Crippen LogP contribution < -0.4 is 5.43 Å². The molecular weight excluding hydrogens is 435 g/mol. The van der Waals surface area contributed by atoms with E-state index in [1.54, 1.807) is 30.5 Å². The van der Waals surface area contributed by atoms with Gasteiger partial charge in [-0.05, 0) is 50.2 Å². The molecule has 0 spiro atoms. The van der Waals surface area contributed by atoms with Crippen LogP contribution >= 0.6 is 23.2 Å². The quantitative estimate of drug-likeness (QED) is 0.331. The van der Waals surface area contributed by atoms with Crippen LogP contribution in [-0.4, -0.2) is 32.1 Å². The predicted octanol–water partition coefficient (Wildman–Crippen LogP) is 4.95. The Balaban J connectivity index is 1.49. The maximum absolute atomic E-state index is 12.4. The summed E-state index contributed by atoms with van der Waals surface area (Å²) >= 11 is 12.1. The van der Waals surface area contributed by atoms with E-state index in [0.29, 0.717) is 21.3 Å². The van der Waals surface area contributed by atoms with Gasteiger partial charge in [0.1, 0.15) is 5.69 Å². The van der Waals surface area contributed by atoms with Crippen LogP contribution in [0.1, 0.15) is 27.4 Å². The van der Waals surface area contributed by atoms with Gasteiger partial charge in [0.2, 0.25) is 0 Å². The first-order valence-corrected chi connectivity index (χ1v) is 10.2. The second kappa shape index (κ2) is 8.75. The smallest absolute Gasteiger partial charge is 0.272 e. The van der Waals surface area contributed by atoms with Crippen molar-refractivity contribution in [2.45, 2.75) is 13.8 Å². The number of aryl methyl sites for hydroxylation is 1. The lowest BCUT2D eigenvalue weighted by atomic mass is 10.1. The highest BCUT2D eigenvalue weighted by Crippen LogP contribution is 2.29. The zero-order valence-electron chi connectivity index (χ0n) is 16.7. The van der Waals surface area contributed by atoms with Crippen molar-refractivity contribution in [3.05, 3.63) is 87.3 Å². The number of aromatic amines is 1. The number of carbonyl (C=O) groups is 1. The Labute approximate surface area is 188 Å². The Kier molecular flexibility index (Phi) is 5.88. The lowest BCUT2D eigenvalue weighted by molar-refractivity contribution is 0.0950. The third kappa shape index (κ3) is 4.38. The number of carbonyl (C=O) groups excluding carboxylic acids is 1. The summed E-state index contributed by atoms with van der Waals surface area (Å²) in [7, 11) is 0. The molecule has 0 fully saturated rings. The highest BCUT2D eigenvalue weighted by atomic mass is 35.5. The van der Waals surface area contributed by atoms with Crippen molar-refractivity contribution < 1.29 is 4.79 Å². The van der Waals surface area contributed by atoms with Crippen molar-refractivity contribution >= 4 is 35.3 Å². The van der Waals surface area contributed by atoms with Crippen molar-refractivity contribution in [1.29, 1.82) is 0 Å². The third-order valence-electron chi connectivity index (χ3n) is 4.74. The molecular formula is C22H18Cl2N6O. The number of hydrazone groups is 1. The van der Waals surface area contributed by atoms with E-state index in [4.69, 9.17) is 23.2 Å². The van der Waals surface area contributed by atoms with Gasteiger partial charge in [0.25, 0.3) is 5.91 Å². The lowest BCUT2D eigenvalue weighted by Crippen LogP contribution is -2.18. The Morgan fingerprint density at radius 2 is 1.90 bits per heavy atom. The van der Waals surface area contributed by atoms with Crippen LogP contribution in [0, 0.1) is 13.8 Å². The molecule has 4 aromatic rings. The number of hydrogen-bond donors (Lipinski definition) is 2. The van der Waals surface area contributed by atoms with Crippen molar-refractivity contribution in [3.8, 4) is 16.9 Å². The Morgan fingerprint density at radius 3 is 2.65 bits per heavy atom. The second-order valence-corrected chi connectivity index (χ2v) is 7.67. The molecule has 31 heavy (non-hydrogen) atoms. The fraction of sp³-hybridized carbons (Fsp3) is 0.0909. The average molecular weight is 453 g/mol. The number of nitrogens with zero attached hydrogens (tertiary/aromatic N) is 4. The van der Waals surface area contributed by atoms with E-state index in [1.165, 1.54) is 0 Å². The SMILES string of the molecule is Cc1nn(-c2ccccc2)c(C)c1C=NNC(=O)c1cc(-c2ccc(Cl)cc2Cl)n[nH]1. The molecule has 4 rings (SSSR count). The van der Waals surface area contributed by atoms with Crippen molar-refractivity contribution in [2.75, 3.05) is 0 Å². The van der Waals surface area contributed by atoms with Gasteiger partial charge < -0.3 is 0 Å². The van der Waals surface area contributed by atoms with Crippen LogP contribution in [-0.2, 0) is 0 Å². The fourth-order valence-electron chi connectivity index (χ4n) is 3.15. The maximum atomic E-state index is 12.4. The monoisotopic (exact) mass is 452 g/mol. The lowest BCUT2D eigenvalue weighted by Gasteiger charge is -2.03. The first kappa shape index (κ1) is 20.8. The largest absolute Gasteiger partial charge is 0.289 e. The van der Waals surface area contributed by atoms with Crippen LogP contribution in [0.2, 0.25) is 10.0 Å². The molecule has 156 valence electrons. The minimum absolute atomic E-state index is 0.256. The van der Waals surface area contributed by atoms with Crippen LogP contribution in [0.3, 0.4) is 0 Å². The molecule has 9 heteroatoms. The van der Waals surface area contributed by atoms with E-state index in [9.17, 15) is 4.79 Å². The van der Waals surface area contributed by atoms with E-state index in [2.05, 4.69) is 25.8 Å². The number of amides is 1. The first-order valence-electron chi connectivity index (χ1n) is 9.40. The number of halogens is 2. The molecule has 0 saturated heterocycles. The standard InChI is InChI=1S/C22H18Cl2N6O/c1-13-18(14(2)30(29-13)16-6-4-3-5-7-16)12-25-28-22(31)21-11-20(26-27-21)17-9-8-15(23)10-19(17)24/h3-12H,1-2H3,(H,26,27)(H,28,31). The summed E-state index contributed by atoms with van der Waals surface area (Å²) < 4.78 is 1.84. The number of hydrogen-bond acceptors (Lipinski definition) is 4. The van der Waals surface area contributed by atoms with Crippen LogP contribution in [0.4, 0.5) is 0 Å². The second-order valence-electron chi connectivity index (χ2n) is 6.82. The number of benzene rings is 2. The molecule has 0 aliphatic heterocycles. The van der Waals surface area contributed by atoms with Crippen LogP contribution in [0.5, 0.6) is 0 Å². The molecule has 0 bridgehead atoms. The van der Waals surface area contributed by atoms with Gasteiger partial charge in [-0.15, -0.1) is 0 Å². The summed E-state index contributed by atoms with van der Waals surface area (Å²) in [5.41, 5.74) is 7.49. The summed E-state index contributed by atoms with van der Waals surface area (Å²) in [4.78, 5) is 12.4. The molecule has 7 nitrogen and oxygen atoms in total. The van der Waals surface area contributed by atoms with Gasteiger partial charge in [0.05, 0.1) is 34.0 Å². The number of nitrogens with one attached hydrogen (secondary N) is 2. The average Bonchev–Trinajstić information content (AvgIpc) is 3.35. The maximum Gasteiger partial charge on any atom is 0.289 e. The number of H-pyrrole nitrogens is 1. The molecule has 2 aromatic carbocycles. The minimum atomic E-state index is -0.425. The zero-order chi connectivity index (χ0) is 22.0. The molecule has 0 unspecified atom stereocenters. The zero-order valence-corrected chi connectivity index (χ0v) is 18.2. The van der Waals surface area contributed by atoms with Crippen molar-refractivity contribution in [3.63, 3.8) is 0 Å². The van der Waals surface area contributed by atoms with Crippen LogP contribution in [0.25, 0.3) is 16.9 Å². The summed E-state index contributed by atoms with van der Waals surface area (Å²) in [6.07, 6.45) is 1.59. The third-order valence-corrected chi connectivity index (χ3v) is 5.29. The Hall–Kier alpha value is -3.42. The van der Waals surface area contributed by atoms with Gasteiger partial charge in [-0.2, -0.15) is 15.3 Å². The predicted molar refractivity (Wildman–Crippen MR) is 122 cm³/mol. The normalized spacial score (nSPS) is 11.2. The molecule has 2 N–H and O–H groups in total. The fourth-order valence-corrected chi connectivity index (χ4v) is 3.66. The molecule has 2 heterocycles. The van der Waals surface area contributed by atoms with Gasteiger partial charge in [-0.1, -0.05) is 41.4 Å². The molecule has 0 saturated carbocycles. The summed E-state index contributed by atoms with van der Waals surface area (Å²) in [6.45, 7) is 3.85. The van der Waals surface area contributed by atoms with Gasteiger partial charge in [-0.3, -0.25) is 9.89 Å². The van der Waals surface area contributed by atoms with E-state index in [-0.39, 0.29) is 5.69 Å². The molecule has 0 atom stereocenters. The number of aromatic nitrogens is 4. The molecule has 2 aromatic heterocycles. The van der Waals surface area contributed by atoms with Gasteiger partial charge in [0.15, 0.2) is 0 Å². The number of para-hydroxylation sites is 1. The highest BCUT2D eigenvalue weighted by molar-refractivity contribution is 6.36. The van der Waals surface area contributed by atoms with Gasteiger partial charge in [-0.25, -0.2) is 10.1 Å². The van der Waals surface area contributed by atoms with E-state index in [1.807, 2.05) is 48.9 Å². The van der Waals surface area contributed by atoms with Gasteiger partial charge >= 0.3 is 0 Å². The molecule has 1 amide bonds. The molecule has 0 aliphatic carbocycles. The molecule has 0 radical (unpaired) electrons. The Bertz CT molecular complexity index is 1280. The highest BCUT2D eigenvalue weighted by Gasteiger charge is 2.14. The van der Waals surface area contributed by atoms with Crippen molar-refractivity contribution in [1.82, 2.24) is 25.4 Å². The number of rotatable bonds is 5. The van der Waals surface area contributed by atoms with E-state index < -0.39 is 5.91 Å². The van der Waals surface area contributed by atoms with Crippen LogP contribution in [0.15, 0.2) is 59.7 Å². The summed E-state index contributed by atoms with van der Waals surface area (Å²) in [5, 5.41) is 16.5. The topological polar surface area (TPSA) is 88.0 Å². The van der Waals surface area contributed by atoms with E-state index >= 15 is 0 Å².